The summed E-state index contributed by atoms with van der Waals surface area (Å²) >= 11 is 25.3. The molecule has 0 saturated heterocycles. The molecule has 0 saturated carbocycles. The molecule has 0 amide bonds. The van der Waals surface area contributed by atoms with Crippen molar-refractivity contribution in [3.8, 4) is 61.8 Å². The molecule has 0 aliphatic carbocycles. The summed E-state index contributed by atoms with van der Waals surface area (Å²) in [4.78, 5) is 36.0. The molecule has 0 spiro atoms. The quantitative estimate of drug-likeness (QED) is 0.144. The van der Waals surface area contributed by atoms with Gasteiger partial charge in [-0.15, -0.1) is 0 Å². The van der Waals surface area contributed by atoms with Gasteiger partial charge < -0.3 is 26.7 Å². The smallest absolute Gasteiger partial charge is 0.223 e. The topological polar surface area (TPSA) is 174 Å². The van der Waals surface area contributed by atoms with Crippen LogP contribution in [0.25, 0.3) is 226 Å². The highest BCUT2D eigenvalue weighted by Gasteiger charge is 2.25. The van der Waals surface area contributed by atoms with E-state index in [1.807, 2.05) is 176 Å². The first-order valence-electron chi connectivity index (χ1n) is 38.0. The molecule has 558 valence electrons. The maximum absolute atomic E-state index is 6.37. The van der Waals surface area contributed by atoms with Crippen molar-refractivity contribution in [3.63, 3.8) is 0 Å². The molecule has 0 aliphatic heterocycles. The Labute approximate surface area is 689 Å². The third-order valence-electron chi connectivity index (χ3n) is 21.6. The van der Waals surface area contributed by atoms with Gasteiger partial charge in [-0.2, -0.15) is 0 Å². The lowest BCUT2D eigenvalue weighted by molar-refractivity contribution is 0.662. The van der Waals surface area contributed by atoms with E-state index >= 15 is 0 Å². The Morgan fingerprint density at radius 1 is 0.203 bits per heavy atom. The van der Waals surface area contributed by atoms with E-state index in [0.29, 0.717) is 50.6 Å². The molecule has 118 heavy (non-hydrogen) atoms. The van der Waals surface area contributed by atoms with Gasteiger partial charge >= 0.3 is 0 Å². The molecule has 0 bridgehead atoms. The van der Waals surface area contributed by atoms with Crippen molar-refractivity contribution >= 4 is 211 Å². The van der Waals surface area contributed by atoms with Gasteiger partial charge in [0.2, 0.25) is 21.1 Å². The molecule has 25 rings (SSSR count). The van der Waals surface area contributed by atoms with Crippen LogP contribution in [0.4, 0.5) is 0 Å². The minimum absolute atomic E-state index is 0.178. The zero-order valence-electron chi connectivity index (χ0n) is 61.8. The second-order valence-electron chi connectivity index (χ2n) is 28.5. The molecule has 14 nitrogen and oxygen atoms in total. The summed E-state index contributed by atoms with van der Waals surface area (Å²) in [7, 11) is 0. The predicted molar refractivity (Wildman–Crippen MR) is 479 cm³/mol. The first kappa shape index (κ1) is 70.0. The van der Waals surface area contributed by atoms with Crippen molar-refractivity contribution in [2.45, 2.75) is 0 Å². The van der Waals surface area contributed by atoms with Gasteiger partial charge in [-0.1, -0.05) is 243 Å². The highest BCUT2D eigenvalue weighted by Crippen LogP contribution is 2.45. The van der Waals surface area contributed by atoms with Crippen LogP contribution in [-0.2, 0) is 0 Å². The fraction of sp³-hybridized carbons (Fsp3) is 0. The Morgan fingerprint density at radius 3 is 1.29 bits per heavy atom. The summed E-state index contributed by atoms with van der Waals surface area (Å²) in [6, 6.07) is 112. The number of furan rings is 5. The highest BCUT2D eigenvalue weighted by molar-refractivity contribution is 6.31. The van der Waals surface area contributed by atoms with Gasteiger partial charge in [-0.3, -0.25) is 0 Å². The zero-order chi connectivity index (χ0) is 78.6. The molecule has 25 aromatic rings. The van der Waals surface area contributed by atoms with Crippen LogP contribution in [-0.4, -0.2) is 44.4 Å². The molecule has 0 N–H and O–H groups in total. The lowest BCUT2D eigenvalue weighted by Crippen LogP contribution is -1.94. The number of hydrogen-bond acceptors (Lipinski definition) is 13. The molecule has 0 aliphatic rings. The van der Waals surface area contributed by atoms with Gasteiger partial charge in [0, 0.05) is 76.4 Å². The van der Waals surface area contributed by atoms with Gasteiger partial charge in [-0.25, -0.2) is 39.9 Å². The summed E-state index contributed by atoms with van der Waals surface area (Å²) in [5.74, 6) is 0. The molecule has 15 aromatic carbocycles. The second kappa shape index (κ2) is 28.7. The van der Waals surface area contributed by atoms with Gasteiger partial charge in [-0.05, 0) is 175 Å². The fourth-order valence-corrected chi connectivity index (χ4v) is 16.9. The molecule has 0 radical (unpaired) electrons. The third kappa shape index (κ3) is 12.2. The number of aromatic nitrogens is 9. The monoisotopic (exact) mass is 1600 g/mol. The summed E-state index contributed by atoms with van der Waals surface area (Å²) in [5.41, 5.74) is 22.1. The molecule has 0 fully saturated rings. The van der Waals surface area contributed by atoms with E-state index in [1.54, 1.807) is 0 Å². The largest absolute Gasteiger partial charge is 0.455 e. The SMILES string of the molecule is Clc1nc(-c2ccc3c4ccccc4n(-c4ccccc4)c3c2)c2oc3ccccc3c2n1.Clc1nc(-c2ccc3ccccc3c2)c2oc3c4ccccc4ccc3c2n1.Clc1nc(-c2cccc(-c3ccccc3)c2)c2oc3cc4ccccc4cc3c2n1.Clc1nc(-c2cccc3c2oc2ccccc23)c2oc3ccccc3c2n1. The number of hydrogen-bond donors (Lipinski definition) is 0. The fourth-order valence-electron chi connectivity index (χ4n) is 16.3. The predicted octanol–water partition coefficient (Wildman–Crippen LogP) is 28.9. The van der Waals surface area contributed by atoms with E-state index in [4.69, 9.17) is 68.5 Å². The number of halogens is 4. The number of fused-ring (bicyclic) bond motifs is 22. The van der Waals surface area contributed by atoms with Crippen LogP contribution >= 0.6 is 46.4 Å². The minimum Gasteiger partial charge on any atom is -0.455 e. The van der Waals surface area contributed by atoms with Crippen molar-refractivity contribution in [3.05, 3.63) is 355 Å². The second-order valence-corrected chi connectivity index (χ2v) is 29.9. The number of benzene rings is 15. The molecule has 0 unspecified atom stereocenters. The van der Waals surface area contributed by atoms with Gasteiger partial charge in [0.25, 0.3) is 0 Å². The number of rotatable bonds is 6. The summed E-state index contributed by atoms with van der Waals surface area (Å²) in [6.45, 7) is 0. The van der Waals surface area contributed by atoms with E-state index in [-0.39, 0.29) is 21.1 Å². The van der Waals surface area contributed by atoms with Gasteiger partial charge in [0.15, 0.2) is 22.3 Å². The molecule has 10 heterocycles. The van der Waals surface area contributed by atoms with E-state index in [0.717, 1.165) is 159 Å². The van der Waals surface area contributed by atoms with Crippen LogP contribution in [0.2, 0.25) is 21.1 Å². The van der Waals surface area contributed by atoms with E-state index in [2.05, 4.69) is 202 Å². The average molecular weight is 1600 g/mol. The van der Waals surface area contributed by atoms with Crippen LogP contribution in [0.15, 0.2) is 356 Å². The number of para-hydroxylation sites is 6. The Bertz CT molecular complexity index is 8370. The van der Waals surface area contributed by atoms with E-state index < -0.39 is 0 Å². The van der Waals surface area contributed by atoms with Crippen molar-refractivity contribution in [2.24, 2.45) is 0 Å². The minimum atomic E-state index is 0.178. The maximum atomic E-state index is 6.37. The van der Waals surface area contributed by atoms with Crippen molar-refractivity contribution in [1.29, 1.82) is 0 Å². The molecule has 0 atom stereocenters. The van der Waals surface area contributed by atoms with Gasteiger partial charge in [0.05, 0.1) is 11.0 Å². The number of nitrogens with zero attached hydrogens (tertiary/aromatic N) is 9. The van der Waals surface area contributed by atoms with Crippen LogP contribution in [0.5, 0.6) is 0 Å². The van der Waals surface area contributed by atoms with E-state index in [1.165, 1.54) is 16.2 Å². The first-order chi connectivity index (χ1) is 58.1. The standard InChI is InChI=1S/C28H16ClN3O.C26H15ClN2O.C24H13ClN2O.C22H11ClN2O2/c29-28-30-25(27-26(31-28)21-11-5-7-13-24(21)33-27)17-14-15-20-19-10-4-6-12-22(19)32(23(20)16-17)18-8-2-1-3-9-18;27-26-28-23(20-12-6-11-17(13-20)16-7-2-1-3-8-16)25-24(29-26)21-14-18-9-4-5-10-19(18)15-22(21)30-25;25-24-26-20(17-10-9-14-5-1-2-7-16(14)13-17)23-21(27-24)19-12-11-15-6-3-4-8-18(15)22(19)28-23;23-22-24-18-14-7-2-4-11-17(14)27-21(18)19(25-22)15-9-5-8-13-12-6-1-3-10-16(12)26-20(13)15/h1-16H;1-15H;1-13H;1-11H. The average Bonchev–Trinajstić information content (AvgIpc) is 1.60. The Balaban J connectivity index is 0.0000000952. The van der Waals surface area contributed by atoms with Crippen molar-refractivity contribution < 1.29 is 22.1 Å². The molecule has 18 heteroatoms. The molecule has 10 aromatic heterocycles. The van der Waals surface area contributed by atoms with E-state index in [9.17, 15) is 0 Å². The van der Waals surface area contributed by atoms with Crippen LogP contribution in [0.1, 0.15) is 0 Å². The van der Waals surface area contributed by atoms with Gasteiger partial charge in [0.1, 0.15) is 78.3 Å². The van der Waals surface area contributed by atoms with Crippen LogP contribution < -0.4 is 0 Å². The molecular formula is C100H55Cl4N9O5. The Kier molecular flexibility index (Phi) is 17.0. The lowest BCUT2D eigenvalue weighted by Gasteiger charge is -2.09. The van der Waals surface area contributed by atoms with Crippen LogP contribution in [0, 0.1) is 0 Å². The van der Waals surface area contributed by atoms with Crippen molar-refractivity contribution in [2.75, 3.05) is 0 Å². The highest BCUT2D eigenvalue weighted by atomic mass is 35.5. The lowest BCUT2D eigenvalue weighted by atomic mass is 10.0. The first-order valence-corrected chi connectivity index (χ1v) is 39.5. The Hall–Kier alpha value is -14.6. The maximum Gasteiger partial charge on any atom is 0.223 e. The summed E-state index contributed by atoms with van der Waals surface area (Å²) < 4.78 is 33.3. The third-order valence-corrected chi connectivity index (χ3v) is 22.3. The van der Waals surface area contributed by atoms with Crippen molar-refractivity contribution in [1.82, 2.24) is 44.4 Å². The van der Waals surface area contributed by atoms with Crippen LogP contribution in [0.3, 0.4) is 0 Å². The summed E-state index contributed by atoms with van der Waals surface area (Å²) in [5, 5.41) is 15.8. The summed E-state index contributed by atoms with van der Waals surface area (Å²) in [6.07, 6.45) is 0. The normalized spacial score (nSPS) is 11.7. The zero-order valence-corrected chi connectivity index (χ0v) is 64.9. The molecular weight excluding hydrogens is 1550 g/mol. The Morgan fingerprint density at radius 2 is 0.619 bits per heavy atom.